The summed E-state index contributed by atoms with van der Waals surface area (Å²) in [6, 6.07) is 10.1. The number of urea groups is 1. The van der Waals surface area contributed by atoms with E-state index >= 15 is 0 Å². The van der Waals surface area contributed by atoms with Gasteiger partial charge in [-0.05, 0) is 25.0 Å². The van der Waals surface area contributed by atoms with Crippen molar-refractivity contribution in [3.63, 3.8) is 0 Å². The van der Waals surface area contributed by atoms with Gasteiger partial charge in [0.05, 0.1) is 6.54 Å². The number of rotatable bonds is 5. The van der Waals surface area contributed by atoms with E-state index in [1.807, 2.05) is 42.3 Å². The second-order valence-corrected chi connectivity index (χ2v) is 5.30. The summed E-state index contributed by atoms with van der Waals surface area (Å²) in [5, 5.41) is 2.91. The Morgan fingerprint density at radius 2 is 1.95 bits per heavy atom. The summed E-state index contributed by atoms with van der Waals surface area (Å²) in [5.74, 6) is 0.836. The van der Waals surface area contributed by atoms with Gasteiger partial charge in [0.25, 0.3) is 0 Å². The molecule has 2 amide bonds. The Labute approximate surface area is 121 Å². The zero-order chi connectivity index (χ0) is 14.2. The molecule has 4 heteroatoms. The third-order valence-corrected chi connectivity index (χ3v) is 3.83. The minimum absolute atomic E-state index is 0.00793. The molecule has 0 atom stereocenters. The Morgan fingerprint density at radius 1 is 1.25 bits per heavy atom. The molecule has 1 fully saturated rings. The van der Waals surface area contributed by atoms with E-state index in [1.54, 1.807) is 0 Å². The average Bonchev–Trinajstić information content (AvgIpc) is 2.52. The van der Waals surface area contributed by atoms with E-state index in [0.717, 1.165) is 18.6 Å². The molecule has 4 nitrogen and oxygen atoms in total. The first-order chi connectivity index (χ1) is 9.77. The quantitative estimate of drug-likeness (QED) is 0.840. The van der Waals surface area contributed by atoms with Crippen LogP contribution in [-0.2, 0) is 0 Å². The Hall–Kier alpha value is -1.71. The van der Waals surface area contributed by atoms with Crippen LogP contribution in [0.4, 0.5) is 4.79 Å². The van der Waals surface area contributed by atoms with Crippen molar-refractivity contribution in [1.29, 1.82) is 0 Å². The average molecular weight is 276 g/mol. The molecule has 1 aromatic carbocycles. The fourth-order valence-corrected chi connectivity index (χ4v) is 2.60. The summed E-state index contributed by atoms with van der Waals surface area (Å²) >= 11 is 0. The van der Waals surface area contributed by atoms with Crippen LogP contribution in [0.1, 0.15) is 32.1 Å². The molecule has 20 heavy (non-hydrogen) atoms. The molecule has 0 saturated heterocycles. The highest BCUT2D eigenvalue weighted by molar-refractivity contribution is 5.74. The number of benzene rings is 1. The number of nitrogens with one attached hydrogen (secondary N) is 1. The minimum Gasteiger partial charge on any atom is -0.492 e. The van der Waals surface area contributed by atoms with Gasteiger partial charge in [0.1, 0.15) is 12.4 Å². The smallest absolute Gasteiger partial charge is 0.317 e. The molecule has 1 saturated carbocycles. The SMILES string of the molecule is CN(C(=O)NCCOc1ccccc1)C1CCCCC1. The van der Waals surface area contributed by atoms with Crippen molar-refractivity contribution in [3.05, 3.63) is 30.3 Å². The molecule has 0 aliphatic heterocycles. The summed E-state index contributed by atoms with van der Waals surface area (Å²) in [6.07, 6.45) is 6.03. The number of nitrogens with zero attached hydrogens (tertiary/aromatic N) is 1. The van der Waals surface area contributed by atoms with Crippen molar-refractivity contribution in [2.45, 2.75) is 38.1 Å². The van der Waals surface area contributed by atoms with Gasteiger partial charge in [0, 0.05) is 13.1 Å². The molecule has 1 N–H and O–H groups in total. The minimum atomic E-state index is 0.00793. The van der Waals surface area contributed by atoms with Gasteiger partial charge in [-0.3, -0.25) is 0 Å². The van der Waals surface area contributed by atoms with Crippen LogP contribution in [0.25, 0.3) is 0 Å². The maximum absolute atomic E-state index is 12.0. The summed E-state index contributed by atoms with van der Waals surface area (Å²) < 4.78 is 5.55. The molecule has 110 valence electrons. The predicted molar refractivity (Wildman–Crippen MR) is 80.0 cm³/mol. The van der Waals surface area contributed by atoms with E-state index in [-0.39, 0.29) is 6.03 Å². The number of carbonyl (C=O) groups excluding carboxylic acids is 1. The van der Waals surface area contributed by atoms with Crippen LogP contribution >= 0.6 is 0 Å². The highest BCUT2D eigenvalue weighted by Gasteiger charge is 2.21. The topological polar surface area (TPSA) is 41.6 Å². The predicted octanol–water partition coefficient (Wildman–Crippen LogP) is 3.04. The first kappa shape index (κ1) is 14.7. The van der Waals surface area contributed by atoms with Gasteiger partial charge in [-0.25, -0.2) is 4.79 Å². The van der Waals surface area contributed by atoms with Gasteiger partial charge in [0.15, 0.2) is 0 Å². The van der Waals surface area contributed by atoms with Crippen LogP contribution in [0.15, 0.2) is 30.3 Å². The Bertz CT molecular complexity index is 402. The number of amides is 2. The van der Waals surface area contributed by atoms with Crippen LogP contribution in [-0.4, -0.2) is 37.2 Å². The molecule has 0 radical (unpaired) electrons. The zero-order valence-electron chi connectivity index (χ0n) is 12.2. The molecule has 1 aliphatic carbocycles. The van der Waals surface area contributed by atoms with E-state index in [4.69, 9.17) is 4.74 Å². The highest BCUT2D eigenvalue weighted by atomic mass is 16.5. The number of hydrogen-bond acceptors (Lipinski definition) is 2. The molecule has 0 spiro atoms. The molecular weight excluding hydrogens is 252 g/mol. The fourth-order valence-electron chi connectivity index (χ4n) is 2.60. The number of para-hydroxylation sites is 1. The molecular formula is C16H24N2O2. The lowest BCUT2D eigenvalue weighted by atomic mass is 9.95. The van der Waals surface area contributed by atoms with E-state index < -0.39 is 0 Å². The van der Waals surface area contributed by atoms with Crippen LogP contribution in [0.3, 0.4) is 0 Å². The van der Waals surface area contributed by atoms with E-state index in [9.17, 15) is 4.79 Å². The molecule has 0 heterocycles. The van der Waals surface area contributed by atoms with Crippen LogP contribution in [0, 0.1) is 0 Å². The number of carbonyl (C=O) groups is 1. The summed E-state index contributed by atoms with van der Waals surface area (Å²) in [7, 11) is 1.89. The van der Waals surface area contributed by atoms with E-state index in [2.05, 4.69) is 5.32 Å². The van der Waals surface area contributed by atoms with Gasteiger partial charge < -0.3 is 15.0 Å². The second kappa shape index (κ2) is 7.78. The molecule has 2 rings (SSSR count). The standard InChI is InChI=1S/C16H24N2O2/c1-18(14-8-4-2-5-9-14)16(19)17-12-13-20-15-10-6-3-7-11-15/h3,6-7,10-11,14H,2,4-5,8-9,12-13H2,1H3,(H,17,19). The van der Waals surface area contributed by atoms with Gasteiger partial charge in [0.2, 0.25) is 0 Å². The van der Waals surface area contributed by atoms with Crippen LogP contribution in [0.2, 0.25) is 0 Å². The molecule has 1 aliphatic rings. The van der Waals surface area contributed by atoms with Gasteiger partial charge in [-0.15, -0.1) is 0 Å². The third-order valence-electron chi connectivity index (χ3n) is 3.83. The Kier molecular flexibility index (Phi) is 5.71. The Balaban J connectivity index is 1.64. The second-order valence-electron chi connectivity index (χ2n) is 5.30. The molecule has 1 aromatic rings. The lowest BCUT2D eigenvalue weighted by molar-refractivity contribution is 0.171. The third kappa shape index (κ3) is 4.44. The monoisotopic (exact) mass is 276 g/mol. The Morgan fingerprint density at radius 3 is 2.65 bits per heavy atom. The number of hydrogen-bond donors (Lipinski definition) is 1. The van der Waals surface area contributed by atoms with Crippen molar-refractivity contribution in [2.75, 3.05) is 20.2 Å². The van der Waals surface area contributed by atoms with Crippen molar-refractivity contribution < 1.29 is 9.53 Å². The molecule has 0 bridgehead atoms. The summed E-state index contributed by atoms with van der Waals surface area (Å²) in [4.78, 5) is 13.9. The van der Waals surface area contributed by atoms with Gasteiger partial charge in [-0.1, -0.05) is 37.5 Å². The van der Waals surface area contributed by atoms with Crippen molar-refractivity contribution in [2.24, 2.45) is 0 Å². The van der Waals surface area contributed by atoms with Crippen molar-refractivity contribution in [1.82, 2.24) is 10.2 Å². The largest absolute Gasteiger partial charge is 0.492 e. The highest BCUT2D eigenvalue weighted by Crippen LogP contribution is 2.21. The van der Waals surface area contributed by atoms with Crippen LogP contribution in [0.5, 0.6) is 5.75 Å². The lowest BCUT2D eigenvalue weighted by Gasteiger charge is -2.31. The lowest BCUT2D eigenvalue weighted by Crippen LogP contribution is -2.45. The normalized spacial score (nSPS) is 15.7. The maximum Gasteiger partial charge on any atom is 0.317 e. The molecule has 0 unspecified atom stereocenters. The van der Waals surface area contributed by atoms with Gasteiger partial charge >= 0.3 is 6.03 Å². The van der Waals surface area contributed by atoms with Crippen molar-refractivity contribution in [3.8, 4) is 5.75 Å². The summed E-state index contributed by atoms with van der Waals surface area (Å²) in [5.41, 5.74) is 0. The first-order valence-corrected chi connectivity index (χ1v) is 7.46. The maximum atomic E-state index is 12.0. The van der Waals surface area contributed by atoms with E-state index in [0.29, 0.717) is 19.2 Å². The number of ether oxygens (including phenoxy) is 1. The molecule has 0 aromatic heterocycles. The van der Waals surface area contributed by atoms with Crippen molar-refractivity contribution >= 4 is 6.03 Å². The summed E-state index contributed by atoms with van der Waals surface area (Å²) in [6.45, 7) is 1.03. The van der Waals surface area contributed by atoms with Gasteiger partial charge in [-0.2, -0.15) is 0 Å². The fraction of sp³-hybridized carbons (Fsp3) is 0.562. The van der Waals surface area contributed by atoms with Crippen LogP contribution < -0.4 is 10.1 Å². The first-order valence-electron chi connectivity index (χ1n) is 7.46. The van der Waals surface area contributed by atoms with E-state index in [1.165, 1.54) is 19.3 Å². The zero-order valence-corrected chi connectivity index (χ0v) is 12.2.